The van der Waals surface area contributed by atoms with Crippen LogP contribution in [0, 0.1) is 47.2 Å². The van der Waals surface area contributed by atoms with E-state index in [4.69, 9.17) is 0 Å². The van der Waals surface area contributed by atoms with Crippen molar-refractivity contribution in [3.63, 3.8) is 0 Å². The van der Waals surface area contributed by atoms with Gasteiger partial charge in [0, 0.05) is 0 Å². The van der Waals surface area contributed by atoms with Gasteiger partial charge in [-0.3, -0.25) is 0 Å². The molecule has 5 atom stereocenters. The molecule has 5 rings (SSSR count). The van der Waals surface area contributed by atoms with Gasteiger partial charge in [0.1, 0.15) is 5.82 Å². The first-order valence-corrected chi connectivity index (χ1v) is 13.1. The molecule has 0 aromatic heterocycles. The van der Waals surface area contributed by atoms with Crippen LogP contribution in [0.25, 0.3) is 0 Å². The highest BCUT2D eigenvalue weighted by Crippen LogP contribution is 2.50. The van der Waals surface area contributed by atoms with E-state index in [0.29, 0.717) is 0 Å². The van der Waals surface area contributed by atoms with Gasteiger partial charge in [0.15, 0.2) is 0 Å². The molecule has 0 saturated heterocycles. The molecule has 0 aliphatic heterocycles. The average Bonchev–Trinajstić information content (AvgIpc) is 2.79. The lowest BCUT2D eigenvalue weighted by molar-refractivity contribution is 0.0612. The molecule has 0 nitrogen and oxygen atoms in total. The predicted molar refractivity (Wildman–Crippen MR) is 124 cm³/mol. The maximum atomic E-state index is 13.5. The second kappa shape index (κ2) is 9.17. The Morgan fingerprint density at radius 1 is 0.700 bits per heavy atom. The molecule has 0 heterocycles. The van der Waals surface area contributed by atoms with Crippen molar-refractivity contribution < 1.29 is 4.39 Å². The second-order valence-corrected chi connectivity index (χ2v) is 11.3. The monoisotopic (exact) mass is 408 g/mol. The van der Waals surface area contributed by atoms with Gasteiger partial charge >= 0.3 is 0 Å². The topological polar surface area (TPSA) is 0 Å². The number of rotatable bonds is 3. The molecule has 0 bridgehead atoms. The molecular weight excluding hydrogens is 367 g/mol. The molecular formula is C29H41F. The molecule has 3 saturated carbocycles. The smallest absolute Gasteiger partial charge is 0.123 e. The summed E-state index contributed by atoms with van der Waals surface area (Å²) in [6.07, 6.45) is 23.2. The number of halogens is 1. The number of allylic oxidation sites excluding steroid dienone is 2. The molecule has 5 unspecified atom stereocenters. The zero-order valence-corrected chi connectivity index (χ0v) is 19.0. The SMILES string of the molecule is C/C=C/C1CCC2CC(C3CCC(C4CCc5cc(F)ccc5C4)CC3)CCC2C1. The summed E-state index contributed by atoms with van der Waals surface area (Å²) < 4.78 is 13.5. The zero-order chi connectivity index (χ0) is 20.5. The van der Waals surface area contributed by atoms with E-state index in [1.807, 2.05) is 0 Å². The van der Waals surface area contributed by atoms with Crippen LogP contribution < -0.4 is 0 Å². The Hall–Kier alpha value is -1.11. The number of benzene rings is 1. The fraction of sp³-hybridized carbons (Fsp3) is 0.724. The summed E-state index contributed by atoms with van der Waals surface area (Å²) in [4.78, 5) is 0. The Bertz CT molecular complexity index is 741. The van der Waals surface area contributed by atoms with Crippen LogP contribution in [0.1, 0.15) is 88.7 Å². The van der Waals surface area contributed by atoms with Gasteiger partial charge in [0.25, 0.3) is 0 Å². The van der Waals surface area contributed by atoms with Gasteiger partial charge in [0.05, 0.1) is 0 Å². The molecule has 3 fully saturated rings. The highest BCUT2D eigenvalue weighted by molar-refractivity contribution is 5.30. The van der Waals surface area contributed by atoms with Crippen LogP contribution in [0.5, 0.6) is 0 Å². The predicted octanol–water partition coefficient (Wildman–Crippen LogP) is 8.15. The number of aryl methyl sites for hydroxylation is 1. The largest absolute Gasteiger partial charge is 0.207 e. The summed E-state index contributed by atoms with van der Waals surface area (Å²) in [6.45, 7) is 2.19. The van der Waals surface area contributed by atoms with E-state index in [1.54, 1.807) is 18.6 Å². The summed E-state index contributed by atoms with van der Waals surface area (Å²) >= 11 is 0. The van der Waals surface area contributed by atoms with Crippen molar-refractivity contribution in [2.24, 2.45) is 41.4 Å². The summed E-state index contributed by atoms with van der Waals surface area (Å²) in [7, 11) is 0. The van der Waals surface area contributed by atoms with Crippen molar-refractivity contribution in [1.82, 2.24) is 0 Å². The summed E-state index contributed by atoms with van der Waals surface area (Å²) in [5.74, 6) is 6.70. The van der Waals surface area contributed by atoms with Gasteiger partial charge in [-0.1, -0.05) is 18.2 Å². The Morgan fingerprint density at radius 2 is 1.33 bits per heavy atom. The van der Waals surface area contributed by atoms with Gasteiger partial charge in [0.2, 0.25) is 0 Å². The Balaban J connectivity index is 1.12. The number of fused-ring (bicyclic) bond motifs is 2. The lowest BCUT2D eigenvalue weighted by Crippen LogP contribution is -2.35. The molecule has 0 radical (unpaired) electrons. The van der Waals surface area contributed by atoms with Crippen molar-refractivity contribution in [2.75, 3.05) is 0 Å². The molecule has 0 amide bonds. The maximum Gasteiger partial charge on any atom is 0.123 e. The molecule has 1 heteroatoms. The van der Waals surface area contributed by atoms with Gasteiger partial charge in [-0.2, -0.15) is 0 Å². The summed E-state index contributed by atoms with van der Waals surface area (Å²) in [6, 6.07) is 5.51. The quantitative estimate of drug-likeness (QED) is 0.443. The van der Waals surface area contributed by atoms with Gasteiger partial charge in [-0.15, -0.1) is 0 Å². The van der Waals surface area contributed by atoms with E-state index >= 15 is 0 Å². The first-order chi connectivity index (χ1) is 14.7. The Morgan fingerprint density at radius 3 is 2.10 bits per heavy atom. The number of hydrogen-bond acceptors (Lipinski definition) is 0. The van der Waals surface area contributed by atoms with E-state index in [1.165, 1.54) is 81.8 Å². The minimum Gasteiger partial charge on any atom is -0.207 e. The van der Waals surface area contributed by atoms with Crippen LogP contribution in [0.3, 0.4) is 0 Å². The van der Waals surface area contributed by atoms with Crippen molar-refractivity contribution in [3.8, 4) is 0 Å². The molecule has 164 valence electrons. The fourth-order valence-corrected chi connectivity index (χ4v) is 8.08. The minimum absolute atomic E-state index is 0.0576. The van der Waals surface area contributed by atoms with Crippen molar-refractivity contribution in [3.05, 3.63) is 47.3 Å². The van der Waals surface area contributed by atoms with Crippen LogP contribution in [0.2, 0.25) is 0 Å². The second-order valence-electron chi connectivity index (χ2n) is 11.3. The first kappa shape index (κ1) is 20.8. The maximum absolute atomic E-state index is 13.5. The zero-order valence-electron chi connectivity index (χ0n) is 19.0. The molecule has 0 N–H and O–H groups in total. The first-order valence-electron chi connectivity index (χ1n) is 13.1. The fourth-order valence-electron chi connectivity index (χ4n) is 8.08. The van der Waals surface area contributed by atoms with Crippen molar-refractivity contribution >= 4 is 0 Å². The minimum atomic E-state index is -0.0576. The lowest BCUT2D eigenvalue weighted by Gasteiger charge is -2.45. The highest BCUT2D eigenvalue weighted by Gasteiger charge is 2.39. The normalized spacial score (nSPS) is 39.5. The van der Waals surface area contributed by atoms with Crippen LogP contribution in [-0.4, -0.2) is 0 Å². The average molecular weight is 409 g/mol. The molecule has 1 aromatic rings. The van der Waals surface area contributed by atoms with Crippen LogP contribution in [0.4, 0.5) is 4.39 Å². The van der Waals surface area contributed by atoms with Crippen molar-refractivity contribution in [1.29, 1.82) is 0 Å². The van der Waals surface area contributed by atoms with Gasteiger partial charge in [-0.25, -0.2) is 4.39 Å². The third-order valence-corrected chi connectivity index (χ3v) is 9.74. The molecule has 1 aromatic carbocycles. The van der Waals surface area contributed by atoms with E-state index < -0.39 is 0 Å². The van der Waals surface area contributed by atoms with E-state index in [-0.39, 0.29) is 5.82 Å². The van der Waals surface area contributed by atoms with E-state index in [2.05, 4.69) is 25.1 Å². The van der Waals surface area contributed by atoms with Crippen LogP contribution in [-0.2, 0) is 12.8 Å². The third kappa shape index (κ3) is 4.42. The van der Waals surface area contributed by atoms with E-state index in [0.717, 1.165) is 47.8 Å². The lowest BCUT2D eigenvalue weighted by atomic mass is 9.60. The molecule has 4 aliphatic rings. The summed E-state index contributed by atoms with van der Waals surface area (Å²) in [5, 5.41) is 0. The number of hydrogen-bond donors (Lipinski definition) is 0. The van der Waals surface area contributed by atoms with Crippen LogP contribution in [0.15, 0.2) is 30.4 Å². The summed E-state index contributed by atoms with van der Waals surface area (Å²) in [5.41, 5.74) is 2.71. The third-order valence-electron chi connectivity index (χ3n) is 9.74. The molecule has 30 heavy (non-hydrogen) atoms. The van der Waals surface area contributed by atoms with E-state index in [9.17, 15) is 4.39 Å². The van der Waals surface area contributed by atoms with Crippen molar-refractivity contribution in [2.45, 2.75) is 90.4 Å². The Labute approximate surface area is 183 Å². The molecule has 4 aliphatic carbocycles. The molecule has 0 spiro atoms. The van der Waals surface area contributed by atoms with Gasteiger partial charge < -0.3 is 0 Å². The highest BCUT2D eigenvalue weighted by atomic mass is 19.1. The Kier molecular flexibility index (Phi) is 6.35. The van der Waals surface area contributed by atoms with Crippen LogP contribution >= 0.6 is 0 Å². The van der Waals surface area contributed by atoms with Gasteiger partial charge in [-0.05, 0) is 155 Å². The standard InChI is InChI=1S/C29H41F/c1-2-3-20-4-5-26-17-24(11-10-23(26)16-20)21-6-8-22(9-7-21)25-12-13-28-19-29(30)15-14-27(28)18-25/h2-3,14-15,19-26H,4-13,16-18H2,1H3/b3-2+.